The smallest absolute Gasteiger partial charge is 0.138 e. The van der Waals surface area contributed by atoms with Crippen molar-refractivity contribution in [1.29, 1.82) is 0 Å². The summed E-state index contributed by atoms with van der Waals surface area (Å²) in [6.07, 6.45) is 6.99. The maximum atomic E-state index is 4.13. The molecule has 1 N–H and O–H groups in total. The number of aromatic nitrogens is 3. The number of anilines is 1. The highest BCUT2D eigenvalue weighted by atomic mass is 15.3. The molecule has 2 aromatic rings. The highest BCUT2D eigenvalue weighted by molar-refractivity contribution is 5.49. The van der Waals surface area contributed by atoms with Crippen LogP contribution in [0.3, 0.4) is 0 Å². The first-order valence-corrected chi connectivity index (χ1v) is 7.21. The molecular formula is C15H21N5. The maximum absolute atomic E-state index is 4.13. The van der Waals surface area contributed by atoms with E-state index in [-0.39, 0.29) is 0 Å². The van der Waals surface area contributed by atoms with Crippen LogP contribution in [0.4, 0.5) is 5.69 Å². The van der Waals surface area contributed by atoms with Gasteiger partial charge in [0.15, 0.2) is 0 Å². The first-order chi connectivity index (χ1) is 9.81. The van der Waals surface area contributed by atoms with E-state index in [9.17, 15) is 0 Å². The fraction of sp³-hybridized carbons (Fsp3) is 0.467. The summed E-state index contributed by atoms with van der Waals surface area (Å²) in [6.45, 7) is 2.39. The molecule has 0 aliphatic carbocycles. The number of benzene rings is 1. The fourth-order valence-corrected chi connectivity index (χ4v) is 2.67. The van der Waals surface area contributed by atoms with Crippen molar-refractivity contribution < 1.29 is 0 Å². The normalized spacial score (nSPS) is 20.6. The molecule has 20 heavy (non-hydrogen) atoms. The summed E-state index contributed by atoms with van der Waals surface area (Å²) < 4.78 is 1.77. The van der Waals surface area contributed by atoms with Gasteiger partial charge in [-0.3, -0.25) is 0 Å². The first-order valence-electron chi connectivity index (χ1n) is 7.21. The first kappa shape index (κ1) is 13.1. The lowest BCUT2D eigenvalue weighted by Gasteiger charge is -2.18. The minimum atomic E-state index is 0.581. The molecule has 0 saturated carbocycles. The number of likely N-dealkylation sites (tertiary alicyclic amines) is 1. The van der Waals surface area contributed by atoms with Crippen LogP contribution in [0.25, 0.3) is 5.69 Å². The topological polar surface area (TPSA) is 46.0 Å². The molecule has 1 aromatic heterocycles. The zero-order valence-electron chi connectivity index (χ0n) is 11.9. The second kappa shape index (κ2) is 6.05. The molecule has 0 bridgehead atoms. The van der Waals surface area contributed by atoms with Gasteiger partial charge in [0.25, 0.3) is 0 Å². The predicted octanol–water partition coefficient (Wildman–Crippen LogP) is 2.16. The molecule has 1 atom stereocenters. The van der Waals surface area contributed by atoms with E-state index in [0.29, 0.717) is 6.04 Å². The Morgan fingerprint density at radius 1 is 1.15 bits per heavy atom. The van der Waals surface area contributed by atoms with Crippen LogP contribution in [0.5, 0.6) is 0 Å². The van der Waals surface area contributed by atoms with Crippen LogP contribution in [-0.2, 0) is 0 Å². The Morgan fingerprint density at radius 2 is 2.00 bits per heavy atom. The lowest BCUT2D eigenvalue weighted by Crippen LogP contribution is -2.22. The largest absolute Gasteiger partial charge is 0.382 e. The Hall–Kier alpha value is -1.88. The summed E-state index contributed by atoms with van der Waals surface area (Å²) in [5, 5.41) is 7.77. The molecular weight excluding hydrogens is 250 g/mol. The van der Waals surface area contributed by atoms with Gasteiger partial charge in [0.2, 0.25) is 0 Å². The van der Waals surface area contributed by atoms with Gasteiger partial charge in [-0.1, -0.05) is 0 Å². The Morgan fingerprint density at radius 3 is 2.75 bits per heavy atom. The molecule has 0 radical (unpaired) electrons. The molecule has 3 rings (SSSR count). The maximum Gasteiger partial charge on any atom is 0.138 e. The second-order valence-corrected chi connectivity index (χ2v) is 5.46. The van der Waals surface area contributed by atoms with Gasteiger partial charge in [0, 0.05) is 11.7 Å². The quantitative estimate of drug-likeness (QED) is 0.929. The fourth-order valence-electron chi connectivity index (χ4n) is 2.67. The van der Waals surface area contributed by atoms with Gasteiger partial charge in [0.1, 0.15) is 12.7 Å². The van der Waals surface area contributed by atoms with Gasteiger partial charge in [0.05, 0.1) is 5.69 Å². The minimum absolute atomic E-state index is 0.581. The summed E-state index contributed by atoms with van der Waals surface area (Å²) in [7, 11) is 2.20. The highest BCUT2D eigenvalue weighted by Gasteiger charge is 2.14. The Bertz CT molecular complexity index is 520. The van der Waals surface area contributed by atoms with Crippen molar-refractivity contribution in [3.05, 3.63) is 36.9 Å². The van der Waals surface area contributed by atoms with E-state index >= 15 is 0 Å². The molecule has 106 valence electrons. The van der Waals surface area contributed by atoms with Crippen molar-refractivity contribution in [3.8, 4) is 5.69 Å². The third kappa shape index (κ3) is 3.17. The standard InChI is InChI=1S/C15H21N5/c1-19-9-2-3-13(8-10-19)18-14-4-6-15(7-5-14)20-12-16-11-17-20/h4-7,11-13,18H,2-3,8-10H2,1H3. The number of nitrogens with zero attached hydrogens (tertiary/aromatic N) is 4. The lowest BCUT2D eigenvalue weighted by molar-refractivity contribution is 0.348. The van der Waals surface area contributed by atoms with Crippen molar-refractivity contribution in [3.63, 3.8) is 0 Å². The molecule has 2 heterocycles. The summed E-state index contributed by atoms with van der Waals surface area (Å²) in [6, 6.07) is 8.95. The molecule has 1 unspecified atom stereocenters. The van der Waals surface area contributed by atoms with Crippen LogP contribution < -0.4 is 5.32 Å². The molecule has 1 aliphatic heterocycles. The van der Waals surface area contributed by atoms with E-state index < -0.39 is 0 Å². The molecule has 0 amide bonds. The van der Waals surface area contributed by atoms with Crippen molar-refractivity contribution in [1.82, 2.24) is 19.7 Å². The number of hydrogen-bond donors (Lipinski definition) is 1. The summed E-state index contributed by atoms with van der Waals surface area (Å²) in [5.41, 5.74) is 2.22. The average molecular weight is 271 g/mol. The van der Waals surface area contributed by atoms with Crippen LogP contribution in [0.2, 0.25) is 0 Å². The van der Waals surface area contributed by atoms with Crippen LogP contribution in [0.1, 0.15) is 19.3 Å². The van der Waals surface area contributed by atoms with E-state index in [1.807, 2.05) is 0 Å². The lowest BCUT2D eigenvalue weighted by atomic mass is 10.1. The van der Waals surface area contributed by atoms with Crippen molar-refractivity contribution in [2.45, 2.75) is 25.3 Å². The Balaban J connectivity index is 1.63. The SMILES string of the molecule is CN1CCCC(Nc2ccc(-n3cncn3)cc2)CC1. The number of rotatable bonds is 3. The summed E-state index contributed by atoms with van der Waals surface area (Å²) in [5.74, 6) is 0. The van der Waals surface area contributed by atoms with E-state index in [2.05, 4.69) is 51.6 Å². The van der Waals surface area contributed by atoms with Gasteiger partial charge in [-0.05, 0) is 63.7 Å². The molecule has 5 heteroatoms. The molecule has 1 aromatic carbocycles. The van der Waals surface area contributed by atoms with E-state index in [4.69, 9.17) is 0 Å². The molecule has 0 spiro atoms. The van der Waals surface area contributed by atoms with Crippen molar-refractivity contribution in [2.75, 3.05) is 25.5 Å². The van der Waals surface area contributed by atoms with Crippen LogP contribution in [0, 0.1) is 0 Å². The zero-order valence-corrected chi connectivity index (χ0v) is 11.9. The van der Waals surface area contributed by atoms with Crippen LogP contribution >= 0.6 is 0 Å². The Labute approximate surface area is 119 Å². The third-order valence-electron chi connectivity index (χ3n) is 3.87. The monoisotopic (exact) mass is 271 g/mol. The van der Waals surface area contributed by atoms with E-state index in [1.54, 1.807) is 17.3 Å². The molecule has 1 saturated heterocycles. The van der Waals surface area contributed by atoms with E-state index in [0.717, 1.165) is 5.69 Å². The Kier molecular flexibility index (Phi) is 3.97. The van der Waals surface area contributed by atoms with Crippen molar-refractivity contribution in [2.24, 2.45) is 0 Å². The van der Waals surface area contributed by atoms with Crippen LogP contribution in [0.15, 0.2) is 36.9 Å². The minimum Gasteiger partial charge on any atom is -0.382 e. The average Bonchev–Trinajstić information content (AvgIpc) is 2.92. The number of hydrogen-bond acceptors (Lipinski definition) is 4. The summed E-state index contributed by atoms with van der Waals surface area (Å²) >= 11 is 0. The third-order valence-corrected chi connectivity index (χ3v) is 3.87. The van der Waals surface area contributed by atoms with Gasteiger partial charge in [-0.15, -0.1) is 0 Å². The molecule has 1 aliphatic rings. The number of nitrogens with one attached hydrogen (secondary N) is 1. The molecule has 1 fully saturated rings. The van der Waals surface area contributed by atoms with Gasteiger partial charge in [-0.25, -0.2) is 9.67 Å². The van der Waals surface area contributed by atoms with Crippen molar-refractivity contribution >= 4 is 5.69 Å². The molecule has 5 nitrogen and oxygen atoms in total. The zero-order chi connectivity index (χ0) is 13.8. The predicted molar refractivity (Wildman–Crippen MR) is 80.1 cm³/mol. The second-order valence-electron chi connectivity index (χ2n) is 5.46. The van der Waals surface area contributed by atoms with Crippen LogP contribution in [-0.4, -0.2) is 45.8 Å². The van der Waals surface area contributed by atoms with E-state index in [1.165, 1.54) is 38.0 Å². The van der Waals surface area contributed by atoms with Gasteiger partial charge in [-0.2, -0.15) is 5.10 Å². The van der Waals surface area contributed by atoms with Gasteiger partial charge < -0.3 is 10.2 Å². The summed E-state index contributed by atoms with van der Waals surface area (Å²) in [4.78, 5) is 6.38. The highest BCUT2D eigenvalue weighted by Crippen LogP contribution is 2.18. The van der Waals surface area contributed by atoms with Gasteiger partial charge >= 0.3 is 0 Å².